The van der Waals surface area contributed by atoms with Crippen LogP contribution >= 0.6 is 15.9 Å². The van der Waals surface area contributed by atoms with E-state index in [0.717, 1.165) is 51.8 Å². The number of hydrogen-bond donors (Lipinski definition) is 2. The van der Waals surface area contributed by atoms with Crippen molar-refractivity contribution >= 4 is 49.6 Å². The minimum absolute atomic E-state index is 0.150. The molecule has 1 fully saturated rings. The Hall–Kier alpha value is -2.41. The molecule has 1 heterocycles. The highest BCUT2D eigenvalue weighted by atomic mass is 79.9. The summed E-state index contributed by atoms with van der Waals surface area (Å²) in [6.07, 6.45) is 5.24. The monoisotopic (exact) mass is 470 g/mol. The first-order chi connectivity index (χ1) is 14.3. The van der Waals surface area contributed by atoms with Crippen LogP contribution in [-0.4, -0.2) is 33.7 Å². The van der Waals surface area contributed by atoms with Crippen molar-refractivity contribution in [2.24, 2.45) is 0 Å². The van der Waals surface area contributed by atoms with E-state index >= 15 is 0 Å². The molecule has 0 spiro atoms. The molecule has 7 heteroatoms. The van der Waals surface area contributed by atoms with Gasteiger partial charge >= 0.3 is 6.09 Å². The zero-order valence-corrected chi connectivity index (χ0v) is 19.1. The number of nitrogens with one attached hydrogen (secondary N) is 2. The van der Waals surface area contributed by atoms with Gasteiger partial charge in [0.15, 0.2) is 0 Å². The van der Waals surface area contributed by atoms with E-state index in [1.54, 1.807) is 0 Å². The number of rotatable bonds is 3. The highest BCUT2D eigenvalue weighted by Gasteiger charge is 2.25. The van der Waals surface area contributed by atoms with Gasteiger partial charge in [0.1, 0.15) is 5.60 Å². The minimum Gasteiger partial charge on any atom is -0.444 e. The predicted octanol–water partition coefficient (Wildman–Crippen LogP) is 5.79. The third kappa shape index (κ3) is 4.83. The average Bonchev–Trinajstić information content (AvgIpc) is 2.69. The zero-order valence-electron chi connectivity index (χ0n) is 17.5. The number of carbonyl (C=O) groups excluding carboxylic acids is 1. The molecule has 0 unspecified atom stereocenters. The van der Waals surface area contributed by atoms with E-state index in [9.17, 15) is 4.79 Å². The molecule has 0 atom stereocenters. The number of carbonyl (C=O) groups is 1. The standard InChI is InChI=1S/C23H27BrN4O2/c1-23(2,3)30-22(29)27-16-10-8-15(9-11-16)26-21-25-13-14-12-19(24)17-6-4-5-7-18(17)20(14)28-21/h4-7,12-13,15-16H,8-11H2,1-3H3,(H,27,29)(H,25,26,28). The van der Waals surface area contributed by atoms with Gasteiger partial charge in [-0.25, -0.2) is 14.8 Å². The van der Waals surface area contributed by atoms with Gasteiger partial charge in [-0.15, -0.1) is 0 Å². The van der Waals surface area contributed by atoms with E-state index in [1.807, 2.05) is 39.1 Å². The lowest BCUT2D eigenvalue weighted by atomic mass is 9.91. The number of fused-ring (bicyclic) bond motifs is 3. The number of hydrogen-bond acceptors (Lipinski definition) is 5. The van der Waals surface area contributed by atoms with Crippen LogP contribution in [0.4, 0.5) is 10.7 Å². The molecule has 1 aliphatic rings. The largest absolute Gasteiger partial charge is 0.444 e. The number of nitrogens with zero attached hydrogens (tertiary/aromatic N) is 2. The van der Waals surface area contributed by atoms with Gasteiger partial charge in [0.05, 0.1) is 5.52 Å². The second-order valence-electron chi connectivity index (χ2n) is 8.87. The molecule has 0 bridgehead atoms. The lowest BCUT2D eigenvalue weighted by Crippen LogP contribution is -2.42. The van der Waals surface area contributed by atoms with Crippen LogP contribution in [0.25, 0.3) is 21.7 Å². The minimum atomic E-state index is -0.476. The molecule has 6 nitrogen and oxygen atoms in total. The van der Waals surface area contributed by atoms with Crippen LogP contribution in [-0.2, 0) is 4.74 Å². The molecule has 1 amide bonds. The first-order valence-electron chi connectivity index (χ1n) is 10.4. The Balaban J connectivity index is 1.41. The van der Waals surface area contributed by atoms with E-state index < -0.39 is 5.60 Å². The van der Waals surface area contributed by atoms with Crippen LogP contribution in [0.2, 0.25) is 0 Å². The molecule has 158 valence electrons. The van der Waals surface area contributed by atoms with Crippen molar-refractivity contribution in [3.05, 3.63) is 41.0 Å². The molecule has 2 aromatic carbocycles. The maximum Gasteiger partial charge on any atom is 0.407 e. The van der Waals surface area contributed by atoms with E-state index in [0.29, 0.717) is 12.0 Å². The number of halogens is 1. The third-order valence-electron chi connectivity index (χ3n) is 5.32. The smallest absolute Gasteiger partial charge is 0.407 e. The third-order valence-corrected chi connectivity index (χ3v) is 5.98. The molecule has 0 saturated heterocycles. The van der Waals surface area contributed by atoms with Crippen molar-refractivity contribution in [1.82, 2.24) is 15.3 Å². The molecule has 4 rings (SSSR count). The molecule has 1 saturated carbocycles. The number of benzene rings is 2. The summed E-state index contributed by atoms with van der Waals surface area (Å²) in [5.41, 5.74) is 0.474. The van der Waals surface area contributed by atoms with Crippen LogP contribution in [0.5, 0.6) is 0 Å². The van der Waals surface area contributed by atoms with Crippen LogP contribution in [0.15, 0.2) is 41.0 Å². The first-order valence-corrected chi connectivity index (χ1v) is 11.2. The zero-order chi connectivity index (χ0) is 21.3. The van der Waals surface area contributed by atoms with E-state index in [-0.39, 0.29) is 12.1 Å². The molecule has 3 aromatic rings. The molecular weight excluding hydrogens is 444 g/mol. The van der Waals surface area contributed by atoms with Crippen molar-refractivity contribution in [1.29, 1.82) is 0 Å². The predicted molar refractivity (Wildman–Crippen MR) is 124 cm³/mol. The van der Waals surface area contributed by atoms with Crippen molar-refractivity contribution < 1.29 is 9.53 Å². The topological polar surface area (TPSA) is 76.1 Å². The Morgan fingerprint density at radius 2 is 1.77 bits per heavy atom. The van der Waals surface area contributed by atoms with Crippen LogP contribution < -0.4 is 10.6 Å². The van der Waals surface area contributed by atoms with Gasteiger partial charge in [-0.1, -0.05) is 40.2 Å². The highest BCUT2D eigenvalue weighted by Crippen LogP contribution is 2.31. The Morgan fingerprint density at radius 3 is 2.47 bits per heavy atom. The number of alkyl carbamates (subject to hydrolysis) is 1. The number of ether oxygens (including phenoxy) is 1. The van der Waals surface area contributed by atoms with Gasteiger partial charge < -0.3 is 15.4 Å². The number of aromatic nitrogens is 2. The molecule has 0 radical (unpaired) electrons. The molecule has 0 aliphatic heterocycles. The summed E-state index contributed by atoms with van der Waals surface area (Å²) in [5, 5.41) is 9.73. The number of anilines is 1. The van der Waals surface area contributed by atoms with Gasteiger partial charge in [0, 0.05) is 33.5 Å². The van der Waals surface area contributed by atoms with Gasteiger partial charge in [-0.3, -0.25) is 0 Å². The summed E-state index contributed by atoms with van der Waals surface area (Å²) in [5.74, 6) is 0.651. The quantitative estimate of drug-likeness (QED) is 0.473. The van der Waals surface area contributed by atoms with E-state index in [1.165, 1.54) is 0 Å². The lowest BCUT2D eigenvalue weighted by Gasteiger charge is -2.30. The fourth-order valence-electron chi connectivity index (χ4n) is 3.93. The van der Waals surface area contributed by atoms with Crippen molar-refractivity contribution in [2.75, 3.05) is 5.32 Å². The molecule has 1 aromatic heterocycles. The first kappa shape index (κ1) is 20.8. The fraction of sp³-hybridized carbons (Fsp3) is 0.435. The van der Waals surface area contributed by atoms with Crippen LogP contribution in [0, 0.1) is 0 Å². The fourth-order valence-corrected chi connectivity index (χ4v) is 4.53. The van der Waals surface area contributed by atoms with Crippen LogP contribution in [0.3, 0.4) is 0 Å². The summed E-state index contributed by atoms with van der Waals surface area (Å²) in [6, 6.07) is 10.7. The SMILES string of the molecule is CC(C)(C)OC(=O)NC1CCC(Nc2ncc3cc(Br)c4ccccc4c3n2)CC1. The normalized spacial score (nSPS) is 19.6. The maximum absolute atomic E-state index is 12.0. The summed E-state index contributed by atoms with van der Waals surface area (Å²) in [6.45, 7) is 5.62. The molecule has 2 N–H and O–H groups in total. The van der Waals surface area contributed by atoms with Crippen LogP contribution in [0.1, 0.15) is 46.5 Å². The summed E-state index contributed by atoms with van der Waals surface area (Å²) < 4.78 is 6.41. The number of amides is 1. The summed E-state index contributed by atoms with van der Waals surface area (Å²) in [7, 11) is 0. The average molecular weight is 471 g/mol. The molecule has 30 heavy (non-hydrogen) atoms. The van der Waals surface area contributed by atoms with Gasteiger partial charge in [0.2, 0.25) is 5.95 Å². The summed E-state index contributed by atoms with van der Waals surface area (Å²) >= 11 is 3.64. The maximum atomic E-state index is 12.0. The van der Waals surface area contributed by atoms with Crippen molar-refractivity contribution in [3.63, 3.8) is 0 Å². The second kappa shape index (κ2) is 8.38. The van der Waals surface area contributed by atoms with Gasteiger partial charge in [-0.2, -0.15) is 0 Å². The van der Waals surface area contributed by atoms with Gasteiger partial charge in [-0.05, 0) is 57.9 Å². The summed E-state index contributed by atoms with van der Waals surface area (Å²) in [4.78, 5) is 21.3. The van der Waals surface area contributed by atoms with E-state index in [4.69, 9.17) is 9.72 Å². The molecule has 1 aliphatic carbocycles. The lowest BCUT2D eigenvalue weighted by molar-refractivity contribution is 0.0492. The Bertz CT molecular complexity index is 1070. The van der Waals surface area contributed by atoms with Gasteiger partial charge in [0.25, 0.3) is 0 Å². The van der Waals surface area contributed by atoms with Crippen molar-refractivity contribution in [3.8, 4) is 0 Å². The highest BCUT2D eigenvalue weighted by molar-refractivity contribution is 9.10. The Labute approximate surface area is 184 Å². The van der Waals surface area contributed by atoms with Crippen molar-refractivity contribution in [2.45, 2.75) is 64.1 Å². The Kier molecular flexibility index (Phi) is 5.82. The Morgan fingerprint density at radius 1 is 1.10 bits per heavy atom. The second-order valence-corrected chi connectivity index (χ2v) is 9.73. The van der Waals surface area contributed by atoms with E-state index in [2.05, 4.69) is 49.7 Å². The molecular formula is C23H27BrN4O2.